The van der Waals surface area contributed by atoms with E-state index in [0.29, 0.717) is 0 Å². The summed E-state index contributed by atoms with van der Waals surface area (Å²) in [5.74, 6) is 0. The van der Waals surface area contributed by atoms with E-state index in [1.165, 1.54) is 5.56 Å². The molecule has 0 N–H and O–H groups in total. The highest BCUT2D eigenvalue weighted by molar-refractivity contribution is 5.23. The summed E-state index contributed by atoms with van der Waals surface area (Å²) in [4.78, 5) is 4.27. The smallest absolute Gasteiger partial charge is 0.0476 e. The third kappa shape index (κ3) is 2.06. The molecule has 0 saturated carbocycles. The Balaban J connectivity index is 2.90. The molecule has 0 aliphatic rings. The number of rotatable bonds is 4. The SMILES string of the molecule is C=CCc1cccnc1CC=C. The van der Waals surface area contributed by atoms with Crippen molar-refractivity contribution in [2.75, 3.05) is 0 Å². The number of hydrogen-bond acceptors (Lipinski definition) is 1. The van der Waals surface area contributed by atoms with E-state index in [0.717, 1.165) is 18.5 Å². The lowest BCUT2D eigenvalue weighted by Crippen LogP contribution is -1.94. The lowest BCUT2D eigenvalue weighted by molar-refractivity contribution is 1.04. The van der Waals surface area contributed by atoms with Gasteiger partial charge in [0.2, 0.25) is 0 Å². The van der Waals surface area contributed by atoms with Gasteiger partial charge in [0.05, 0.1) is 0 Å². The normalized spacial score (nSPS) is 9.33. The summed E-state index contributed by atoms with van der Waals surface area (Å²) < 4.78 is 0. The van der Waals surface area contributed by atoms with Gasteiger partial charge >= 0.3 is 0 Å². The van der Waals surface area contributed by atoms with Crippen LogP contribution in [0.5, 0.6) is 0 Å². The lowest BCUT2D eigenvalue weighted by atomic mass is 10.1. The van der Waals surface area contributed by atoms with Crippen LogP contribution < -0.4 is 0 Å². The molecule has 0 atom stereocenters. The molecule has 0 aliphatic heterocycles. The van der Waals surface area contributed by atoms with Gasteiger partial charge in [-0.15, -0.1) is 13.2 Å². The van der Waals surface area contributed by atoms with Gasteiger partial charge in [-0.05, 0) is 18.1 Å². The van der Waals surface area contributed by atoms with Crippen LogP contribution in [-0.2, 0) is 12.8 Å². The lowest BCUT2D eigenvalue weighted by Gasteiger charge is -2.02. The van der Waals surface area contributed by atoms with Crippen molar-refractivity contribution in [2.45, 2.75) is 12.8 Å². The highest BCUT2D eigenvalue weighted by atomic mass is 14.7. The summed E-state index contributed by atoms with van der Waals surface area (Å²) in [7, 11) is 0. The van der Waals surface area contributed by atoms with E-state index < -0.39 is 0 Å². The number of pyridine rings is 1. The zero-order valence-corrected chi connectivity index (χ0v) is 7.16. The molecule has 0 aromatic carbocycles. The molecule has 1 heteroatoms. The maximum absolute atomic E-state index is 4.27. The van der Waals surface area contributed by atoms with Crippen LogP contribution in [0.15, 0.2) is 43.6 Å². The van der Waals surface area contributed by atoms with Crippen molar-refractivity contribution < 1.29 is 0 Å². The van der Waals surface area contributed by atoms with Gasteiger partial charge in [-0.2, -0.15) is 0 Å². The Morgan fingerprint density at radius 3 is 2.67 bits per heavy atom. The van der Waals surface area contributed by atoms with Crippen molar-refractivity contribution >= 4 is 0 Å². The van der Waals surface area contributed by atoms with Gasteiger partial charge in [-0.25, -0.2) is 0 Å². The topological polar surface area (TPSA) is 12.9 Å². The Morgan fingerprint density at radius 2 is 2.00 bits per heavy atom. The molecule has 1 aromatic heterocycles. The maximum Gasteiger partial charge on any atom is 0.0476 e. The van der Waals surface area contributed by atoms with Gasteiger partial charge in [-0.3, -0.25) is 4.98 Å². The molecule has 0 spiro atoms. The third-order valence-electron chi connectivity index (χ3n) is 1.69. The van der Waals surface area contributed by atoms with Crippen LogP contribution >= 0.6 is 0 Å². The molecule has 1 rings (SSSR count). The molecule has 62 valence electrons. The van der Waals surface area contributed by atoms with Gasteiger partial charge in [-0.1, -0.05) is 18.2 Å². The van der Waals surface area contributed by atoms with E-state index in [2.05, 4.69) is 24.2 Å². The molecule has 0 amide bonds. The average molecular weight is 159 g/mol. The summed E-state index contributed by atoms with van der Waals surface area (Å²) >= 11 is 0. The molecule has 0 radical (unpaired) electrons. The minimum absolute atomic E-state index is 0.837. The van der Waals surface area contributed by atoms with Crippen LogP contribution in [0.25, 0.3) is 0 Å². The summed E-state index contributed by atoms with van der Waals surface area (Å²) in [6.45, 7) is 7.39. The number of allylic oxidation sites excluding steroid dienone is 2. The van der Waals surface area contributed by atoms with Crippen LogP contribution in [0.1, 0.15) is 11.3 Å². The quantitative estimate of drug-likeness (QED) is 0.615. The molecule has 1 nitrogen and oxygen atoms in total. The first-order valence-electron chi connectivity index (χ1n) is 4.03. The minimum atomic E-state index is 0.837. The molecular formula is C11H13N. The first-order chi connectivity index (χ1) is 5.88. The largest absolute Gasteiger partial charge is 0.261 e. The molecule has 0 bridgehead atoms. The van der Waals surface area contributed by atoms with E-state index in [1.807, 2.05) is 24.4 Å². The van der Waals surface area contributed by atoms with E-state index >= 15 is 0 Å². The van der Waals surface area contributed by atoms with Crippen molar-refractivity contribution in [3.63, 3.8) is 0 Å². The zero-order chi connectivity index (χ0) is 8.81. The molecule has 12 heavy (non-hydrogen) atoms. The van der Waals surface area contributed by atoms with E-state index in [4.69, 9.17) is 0 Å². The summed E-state index contributed by atoms with van der Waals surface area (Å²) in [6, 6.07) is 4.03. The molecule has 1 aromatic rings. The first-order valence-corrected chi connectivity index (χ1v) is 4.03. The van der Waals surface area contributed by atoms with Crippen molar-refractivity contribution in [3.05, 3.63) is 54.9 Å². The standard InChI is InChI=1S/C11H13N/c1-3-6-10-8-5-9-12-11(10)7-4-2/h3-5,8-9H,1-2,6-7H2. The van der Waals surface area contributed by atoms with Crippen molar-refractivity contribution in [1.29, 1.82) is 0 Å². The molecule has 0 aliphatic carbocycles. The Bertz CT molecular complexity index is 247. The predicted molar refractivity (Wildman–Crippen MR) is 52.0 cm³/mol. The third-order valence-corrected chi connectivity index (χ3v) is 1.69. The molecule has 0 saturated heterocycles. The molecule has 0 fully saturated rings. The van der Waals surface area contributed by atoms with Gasteiger partial charge < -0.3 is 0 Å². The Kier molecular flexibility index (Phi) is 3.27. The number of hydrogen-bond donors (Lipinski definition) is 0. The highest BCUT2D eigenvalue weighted by Crippen LogP contribution is 2.07. The first kappa shape index (κ1) is 8.72. The summed E-state index contributed by atoms with van der Waals surface area (Å²) in [5.41, 5.74) is 2.35. The van der Waals surface area contributed by atoms with Crippen LogP contribution in [0.2, 0.25) is 0 Å². The number of nitrogens with zero attached hydrogens (tertiary/aromatic N) is 1. The van der Waals surface area contributed by atoms with E-state index in [9.17, 15) is 0 Å². The monoisotopic (exact) mass is 159 g/mol. The minimum Gasteiger partial charge on any atom is -0.261 e. The van der Waals surface area contributed by atoms with Crippen molar-refractivity contribution in [3.8, 4) is 0 Å². The summed E-state index contributed by atoms with van der Waals surface area (Å²) in [5, 5.41) is 0. The van der Waals surface area contributed by atoms with Crippen LogP contribution in [0.4, 0.5) is 0 Å². The van der Waals surface area contributed by atoms with Crippen LogP contribution in [0, 0.1) is 0 Å². The second kappa shape index (κ2) is 4.50. The zero-order valence-electron chi connectivity index (χ0n) is 7.16. The predicted octanol–water partition coefficient (Wildman–Crippen LogP) is 2.54. The Labute approximate surface area is 73.5 Å². The average Bonchev–Trinajstić information content (AvgIpc) is 2.09. The fraction of sp³-hybridized carbons (Fsp3) is 0.182. The summed E-state index contributed by atoms with van der Waals surface area (Å²) in [6.07, 6.45) is 7.30. The van der Waals surface area contributed by atoms with E-state index in [-0.39, 0.29) is 0 Å². The number of aromatic nitrogens is 1. The van der Waals surface area contributed by atoms with Gasteiger partial charge in [0.25, 0.3) is 0 Å². The molecular weight excluding hydrogens is 146 g/mol. The Morgan fingerprint density at radius 1 is 1.25 bits per heavy atom. The highest BCUT2D eigenvalue weighted by Gasteiger charge is 1.97. The Hall–Kier alpha value is -1.37. The molecule has 0 unspecified atom stereocenters. The van der Waals surface area contributed by atoms with Gasteiger partial charge in [0.1, 0.15) is 0 Å². The maximum atomic E-state index is 4.27. The second-order valence-electron chi connectivity index (χ2n) is 2.59. The second-order valence-corrected chi connectivity index (χ2v) is 2.59. The van der Waals surface area contributed by atoms with E-state index in [1.54, 1.807) is 0 Å². The van der Waals surface area contributed by atoms with Gasteiger partial charge in [0, 0.05) is 18.3 Å². The van der Waals surface area contributed by atoms with Crippen molar-refractivity contribution in [2.24, 2.45) is 0 Å². The van der Waals surface area contributed by atoms with Crippen molar-refractivity contribution in [1.82, 2.24) is 4.98 Å². The van der Waals surface area contributed by atoms with Gasteiger partial charge in [0.15, 0.2) is 0 Å². The molecule has 1 heterocycles. The fourth-order valence-corrected chi connectivity index (χ4v) is 1.13. The van der Waals surface area contributed by atoms with Crippen LogP contribution in [0.3, 0.4) is 0 Å². The fourth-order valence-electron chi connectivity index (χ4n) is 1.13. The van der Waals surface area contributed by atoms with Crippen LogP contribution in [-0.4, -0.2) is 4.98 Å².